The molecule has 0 aliphatic carbocycles. The van der Waals surface area contributed by atoms with Gasteiger partial charge in [-0.1, -0.05) is 0 Å². The van der Waals surface area contributed by atoms with E-state index in [1.54, 1.807) is 6.07 Å². The molecule has 142 valence electrons. The Bertz CT molecular complexity index is 719. The lowest BCUT2D eigenvalue weighted by molar-refractivity contribution is 0.213. The van der Waals surface area contributed by atoms with E-state index in [4.69, 9.17) is 16.6 Å². The Morgan fingerprint density at radius 2 is 1.96 bits per heavy atom. The van der Waals surface area contributed by atoms with Gasteiger partial charge in [-0.15, -0.1) is 10.2 Å². The van der Waals surface area contributed by atoms with Crippen LogP contribution < -0.4 is 16.4 Å². The number of anilines is 3. The van der Waals surface area contributed by atoms with Crippen LogP contribution in [-0.2, 0) is 13.6 Å². The number of aromatic nitrogens is 5. The van der Waals surface area contributed by atoms with E-state index >= 15 is 0 Å². The number of nitrogens with two attached hydrogens (primary N) is 2. The largest absolute Gasteiger partial charge is 0.395 e. The molecule has 1 aliphatic rings. The topological polar surface area (TPSA) is 135 Å². The highest BCUT2D eigenvalue weighted by atomic mass is 16.3. The number of piperidine rings is 1. The smallest absolute Gasteiger partial charge is 0.223 e. The molecule has 1 aliphatic heterocycles. The van der Waals surface area contributed by atoms with E-state index in [-0.39, 0.29) is 12.6 Å². The zero-order chi connectivity index (χ0) is 18.7. The van der Waals surface area contributed by atoms with E-state index in [1.807, 2.05) is 19.0 Å². The second kappa shape index (κ2) is 7.83. The average Bonchev–Trinajstić information content (AvgIpc) is 2.95. The molecule has 3 heterocycles. The Morgan fingerprint density at radius 3 is 2.62 bits per heavy atom. The predicted octanol–water partition coefficient (Wildman–Crippen LogP) is -0.422. The van der Waals surface area contributed by atoms with Crippen molar-refractivity contribution in [1.29, 1.82) is 0 Å². The molecule has 2 aromatic rings. The lowest BCUT2D eigenvalue weighted by Crippen LogP contribution is -2.34. The molecule has 3 rings (SSSR count). The quantitative estimate of drug-likeness (QED) is 0.626. The second-order valence-electron chi connectivity index (χ2n) is 6.77. The van der Waals surface area contributed by atoms with Gasteiger partial charge in [0.15, 0.2) is 0 Å². The fraction of sp³-hybridized carbons (Fsp3) is 0.625. The van der Waals surface area contributed by atoms with Crippen LogP contribution in [0.3, 0.4) is 0 Å². The summed E-state index contributed by atoms with van der Waals surface area (Å²) in [5, 5.41) is 17.8. The maximum atomic E-state index is 9.03. The molecule has 1 fully saturated rings. The van der Waals surface area contributed by atoms with Gasteiger partial charge in [0.2, 0.25) is 5.95 Å². The van der Waals surface area contributed by atoms with Gasteiger partial charge < -0.3 is 26.0 Å². The fourth-order valence-corrected chi connectivity index (χ4v) is 3.36. The molecule has 10 heteroatoms. The summed E-state index contributed by atoms with van der Waals surface area (Å²) in [5.74, 6) is 3.65. The van der Waals surface area contributed by atoms with E-state index < -0.39 is 0 Å². The third-order valence-electron chi connectivity index (χ3n) is 4.83. The van der Waals surface area contributed by atoms with Crippen molar-refractivity contribution >= 4 is 17.6 Å². The number of likely N-dealkylation sites (N-methyl/N-ethyl adjacent to an activating group) is 1. The Kier molecular flexibility index (Phi) is 5.52. The van der Waals surface area contributed by atoms with Crippen LogP contribution in [0, 0.1) is 0 Å². The van der Waals surface area contributed by atoms with Crippen LogP contribution in [0.1, 0.15) is 30.4 Å². The molecule has 0 radical (unpaired) electrons. The molecule has 0 amide bonds. The normalized spacial score (nSPS) is 15.8. The molecular formula is C16H27N9O. The summed E-state index contributed by atoms with van der Waals surface area (Å²) in [6.07, 6.45) is 1.92. The monoisotopic (exact) mass is 361 g/mol. The van der Waals surface area contributed by atoms with Crippen LogP contribution >= 0.6 is 0 Å². The lowest BCUT2D eigenvalue weighted by Gasteiger charge is -2.32. The molecule has 0 saturated carbocycles. The van der Waals surface area contributed by atoms with Crippen molar-refractivity contribution in [2.75, 3.05) is 49.7 Å². The highest BCUT2D eigenvalue weighted by Gasteiger charge is 2.26. The van der Waals surface area contributed by atoms with Crippen LogP contribution in [0.4, 0.5) is 17.6 Å². The van der Waals surface area contributed by atoms with Crippen LogP contribution in [0.5, 0.6) is 0 Å². The SMILES string of the molecule is CN(CCO)Cc1nnc(C2CCN(c3cc(N)nc(N)n3)CC2)n1C. The maximum absolute atomic E-state index is 9.03. The summed E-state index contributed by atoms with van der Waals surface area (Å²) in [6, 6.07) is 1.76. The van der Waals surface area contributed by atoms with Crippen molar-refractivity contribution in [3.63, 3.8) is 0 Å². The van der Waals surface area contributed by atoms with E-state index in [9.17, 15) is 0 Å². The van der Waals surface area contributed by atoms with Gasteiger partial charge in [-0.25, -0.2) is 0 Å². The number of nitrogens with zero attached hydrogens (tertiary/aromatic N) is 7. The zero-order valence-corrected chi connectivity index (χ0v) is 15.3. The molecular weight excluding hydrogens is 334 g/mol. The molecule has 10 nitrogen and oxygen atoms in total. The van der Waals surface area contributed by atoms with Gasteiger partial charge >= 0.3 is 0 Å². The number of rotatable bonds is 6. The molecule has 0 atom stereocenters. The van der Waals surface area contributed by atoms with Crippen molar-refractivity contribution in [1.82, 2.24) is 29.6 Å². The van der Waals surface area contributed by atoms with Gasteiger partial charge in [-0.3, -0.25) is 4.90 Å². The van der Waals surface area contributed by atoms with Crippen LogP contribution in [0.2, 0.25) is 0 Å². The number of aliphatic hydroxyl groups is 1. The molecule has 26 heavy (non-hydrogen) atoms. The summed E-state index contributed by atoms with van der Waals surface area (Å²) < 4.78 is 2.08. The summed E-state index contributed by atoms with van der Waals surface area (Å²) in [5.41, 5.74) is 11.5. The van der Waals surface area contributed by atoms with Crippen molar-refractivity contribution < 1.29 is 5.11 Å². The molecule has 1 saturated heterocycles. The third kappa shape index (κ3) is 4.02. The van der Waals surface area contributed by atoms with E-state index in [1.165, 1.54) is 0 Å². The van der Waals surface area contributed by atoms with E-state index in [0.717, 1.165) is 43.4 Å². The van der Waals surface area contributed by atoms with Gasteiger partial charge in [0.1, 0.15) is 23.3 Å². The first-order valence-corrected chi connectivity index (χ1v) is 8.80. The van der Waals surface area contributed by atoms with Crippen molar-refractivity contribution in [3.8, 4) is 0 Å². The van der Waals surface area contributed by atoms with Crippen LogP contribution in [-0.4, -0.2) is 68.0 Å². The standard InChI is InChI=1S/C16H27N9O/c1-23(7-8-26)10-14-21-22-15(24(14)2)11-3-5-25(6-4-11)13-9-12(17)19-16(18)20-13/h9,11,26H,3-8,10H2,1-2H3,(H4,17,18,19,20). The first kappa shape index (κ1) is 18.3. The zero-order valence-electron chi connectivity index (χ0n) is 15.3. The van der Waals surface area contributed by atoms with Crippen LogP contribution in [0.15, 0.2) is 6.07 Å². The molecule has 0 unspecified atom stereocenters. The van der Waals surface area contributed by atoms with Gasteiger partial charge in [0, 0.05) is 38.7 Å². The Hall–Kier alpha value is -2.46. The highest BCUT2D eigenvalue weighted by molar-refractivity contribution is 5.50. The van der Waals surface area contributed by atoms with Gasteiger partial charge in [-0.05, 0) is 19.9 Å². The summed E-state index contributed by atoms with van der Waals surface area (Å²) in [4.78, 5) is 12.4. The van der Waals surface area contributed by atoms with Gasteiger partial charge in [0.05, 0.1) is 13.2 Å². The molecule has 0 aromatic carbocycles. The minimum Gasteiger partial charge on any atom is -0.395 e. The lowest BCUT2D eigenvalue weighted by atomic mass is 9.96. The Balaban J connectivity index is 1.64. The first-order chi connectivity index (χ1) is 12.5. The third-order valence-corrected chi connectivity index (χ3v) is 4.83. The number of hydrogen-bond acceptors (Lipinski definition) is 9. The van der Waals surface area contributed by atoms with Crippen molar-refractivity contribution in [2.24, 2.45) is 7.05 Å². The Labute approximate surface area is 152 Å². The van der Waals surface area contributed by atoms with Crippen molar-refractivity contribution in [2.45, 2.75) is 25.3 Å². The fourth-order valence-electron chi connectivity index (χ4n) is 3.36. The molecule has 0 bridgehead atoms. The summed E-state index contributed by atoms with van der Waals surface area (Å²) >= 11 is 0. The number of nitrogen functional groups attached to an aromatic ring is 2. The minimum absolute atomic E-state index is 0.137. The Morgan fingerprint density at radius 1 is 1.23 bits per heavy atom. The average molecular weight is 361 g/mol. The van der Waals surface area contributed by atoms with Crippen molar-refractivity contribution in [3.05, 3.63) is 17.7 Å². The molecule has 2 aromatic heterocycles. The van der Waals surface area contributed by atoms with Gasteiger partial charge in [-0.2, -0.15) is 9.97 Å². The molecule has 5 N–H and O–H groups in total. The highest BCUT2D eigenvalue weighted by Crippen LogP contribution is 2.29. The summed E-state index contributed by atoms with van der Waals surface area (Å²) in [7, 11) is 3.97. The van der Waals surface area contributed by atoms with Gasteiger partial charge in [0.25, 0.3) is 0 Å². The predicted molar refractivity (Wildman–Crippen MR) is 99.5 cm³/mol. The number of hydrogen-bond donors (Lipinski definition) is 3. The minimum atomic E-state index is 0.137. The van der Waals surface area contributed by atoms with Crippen LogP contribution in [0.25, 0.3) is 0 Å². The van der Waals surface area contributed by atoms with E-state index in [2.05, 4.69) is 29.6 Å². The van der Waals surface area contributed by atoms with E-state index in [0.29, 0.717) is 24.8 Å². The second-order valence-corrected chi connectivity index (χ2v) is 6.77. The first-order valence-electron chi connectivity index (χ1n) is 8.80. The number of aliphatic hydroxyl groups excluding tert-OH is 1. The maximum Gasteiger partial charge on any atom is 0.223 e. The molecule has 0 spiro atoms. The summed E-state index contributed by atoms with van der Waals surface area (Å²) in [6.45, 7) is 3.13.